The van der Waals surface area contributed by atoms with Gasteiger partial charge in [0.1, 0.15) is 42.5 Å². The number of aromatic nitrogens is 1. The zero-order chi connectivity index (χ0) is 35.7. The van der Waals surface area contributed by atoms with Gasteiger partial charge in [0, 0.05) is 30.8 Å². The minimum Gasteiger partial charge on any atom is -0.472 e. The molecule has 4 heterocycles. The summed E-state index contributed by atoms with van der Waals surface area (Å²) in [5, 5.41) is 15.5. The second-order valence-corrected chi connectivity index (χ2v) is 15.1. The first-order valence-corrected chi connectivity index (χ1v) is 16.7. The van der Waals surface area contributed by atoms with Crippen LogP contribution in [0.4, 0.5) is 23.8 Å². The number of hydrogen-bond donors (Lipinski definition) is 2. The van der Waals surface area contributed by atoms with Crippen molar-refractivity contribution in [3.63, 3.8) is 0 Å². The second kappa shape index (κ2) is 12.2. The van der Waals surface area contributed by atoms with E-state index in [0.29, 0.717) is 18.9 Å². The normalized spacial score (nSPS) is 31.4. The number of nitrogens with one attached hydrogen (secondary N) is 2. The minimum absolute atomic E-state index is 0.0436. The Labute approximate surface area is 286 Å². The number of likely N-dealkylation sites (tertiary alicyclic amines) is 2. The molecule has 0 radical (unpaired) electrons. The highest BCUT2D eigenvalue weighted by molar-refractivity contribution is 6.01. The molecule has 4 fully saturated rings. The minimum atomic E-state index is -1.58. The number of alkyl halides is 1. The van der Waals surface area contributed by atoms with Gasteiger partial charge in [-0.25, -0.2) is 22.9 Å². The number of carbonyl (C=O) groups is 4. The summed E-state index contributed by atoms with van der Waals surface area (Å²) in [7, 11) is 0. The van der Waals surface area contributed by atoms with E-state index >= 15 is 4.39 Å². The molecule has 2 N–H and O–H groups in total. The Morgan fingerprint density at radius 1 is 1.20 bits per heavy atom. The maximum atomic E-state index is 15.3. The van der Waals surface area contributed by atoms with Crippen LogP contribution in [0.5, 0.6) is 5.75 Å². The van der Waals surface area contributed by atoms with E-state index in [0.717, 1.165) is 12.1 Å². The van der Waals surface area contributed by atoms with Crippen molar-refractivity contribution in [2.75, 3.05) is 18.4 Å². The first-order valence-electron chi connectivity index (χ1n) is 16.7. The summed E-state index contributed by atoms with van der Waals surface area (Å²) in [6.45, 7) is 4.48. The Balaban J connectivity index is 1.16. The number of halogens is 3. The fourth-order valence-electron chi connectivity index (χ4n) is 8.68. The number of hydrogen-bond acceptors (Lipinski definition) is 8. The van der Waals surface area contributed by atoms with E-state index in [9.17, 15) is 33.2 Å². The van der Waals surface area contributed by atoms with Gasteiger partial charge in [-0.2, -0.15) is 5.26 Å². The topological polar surface area (TPSA) is 154 Å². The Morgan fingerprint density at radius 2 is 1.98 bits per heavy atom. The fraction of sp³-hybridized carbons (Fsp3) is 0.543. The SMILES string of the molecule is CC(C)(C)[C@H](NC(=O)OCc1ccc(F)cc1F)C(=O)N1C[C@@H]2[C@H]3C[C@@H]([C@@H]2[C@H]1C(=O)N1C[C@@]2(C[C@H]1C#N)Oc1cccnc1NC2=O)[C@H](F)C3. The molecular formula is C35H37F3N6O6. The van der Waals surface area contributed by atoms with Crippen LogP contribution in [0.2, 0.25) is 0 Å². The van der Waals surface area contributed by atoms with Crippen molar-refractivity contribution in [3.05, 3.63) is 53.7 Å². The van der Waals surface area contributed by atoms with Gasteiger partial charge in [-0.15, -0.1) is 0 Å². The molecule has 2 saturated heterocycles. The predicted octanol–water partition coefficient (Wildman–Crippen LogP) is 3.72. The van der Waals surface area contributed by atoms with Crippen LogP contribution in [0.3, 0.4) is 0 Å². The smallest absolute Gasteiger partial charge is 0.408 e. The number of amides is 4. The van der Waals surface area contributed by atoms with Crippen molar-refractivity contribution in [1.29, 1.82) is 5.26 Å². The number of nitriles is 1. The molecule has 50 heavy (non-hydrogen) atoms. The van der Waals surface area contributed by atoms with Crippen molar-refractivity contribution < 1.29 is 41.8 Å². The fourth-order valence-corrected chi connectivity index (χ4v) is 8.68. The molecule has 1 aromatic carbocycles. The maximum absolute atomic E-state index is 15.3. The lowest BCUT2D eigenvalue weighted by atomic mass is 9.77. The first kappa shape index (κ1) is 33.6. The number of pyridine rings is 1. The van der Waals surface area contributed by atoms with Gasteiger partial charge >= 0.3 is 6.09 Å². The summed E-state index contributed by atoms with van der Waals surface area (Å²) >= 11 is 0. The first-order chi connectivity index (χ1) is 23.7. The lowest BCUT2D eigenvalue weighted by Crippen LogP contribution is -2.60. The lowest BCUT2D eigenvalue weighted by Gasteiger charge is -2.38. The van der Waals surface area contributed by atoms with Crippen LogP contribution < -0.4 is 15.4 Å². The Kier molecular flexibility index (Phi) is 8.18. The third-order valence-electron chi connectivity index (χ3n) is 11.0. The molecule has 1 aromatic heterocycles. The summed E-state index contributed by atoms with van der Waals surface area (Å²) in [5.41, 5.74) is -2.56. The van der Waals surface area contributed by atoms with Gasteiger partial charge in [-0.05, 0) is 66.2 Å². The Hall–Kier alpha value is -4.87. The third-order valence-corrected chi connectivity index (χ3v) is 11.0. The summed E-state index contributed by atoms with van der Waals surface area (Å²) in [4.78, 5) is 62.4. The van der Waals surface area contributed by atoms with Gasteiger partial charge in [0.15, 0.2) is 11.6 Å². The Morgan fingerprint density at radius 3 is 2.70 bits per heavy atom. The molecule has 7 rings (SSSR count). The predicted molar refractivity (Wildman–Crippen MR) is 168 cm³/mol. The van der Waals surface area contributed by atoms with Crippen molar-refractivity contribution >= 4 is 29.6 Å². The molecule has 4 amide bonds. The molecule has 15 heteroatoms. The van der Waals surface area contributed by atoms with Crippen molar-refractivity contribution in [3.8, 4) is 11.8 Å². The van der Waals surface area contributed by atoms with Crippen LogP contribution in [0, 0.1) is 52.1 Å². The standard InChI is InChI=1S/C35H37F3N6O6/c1-34(2,3)28(41-33(48)49-15-17-6-7-19(36)11-23(17)37)31(46)43-14-22-18-9-21(24(38)10-18)26(22)27(43)30(45)44-16-35(12-20(44)13-39)32(47)42-29-25(50-35)5-4-8-40-29/h4-8,11,18,20-22,24,26-28H,9-10,12,14-16H2,1-3H3,(H,41,48)(H,40,42,47)/t18-,20-,21+,22+,24+,26-,27-,28+,35+/m0/s1. The Bertz CT molecular complexity index is 1800. The highest BCUT2D eigenvalue weighted by atomic mass is 19.1. The molecule has 3 aliphatic heterocycles. The van der Waals surface area contributed by atoms with E-state index in [1.54, 1.807) is 32.9 Å². The number of benzene rings is 1. The van der Waals surface area contributed by atoms with E-state index < -0.39 is 89.2 Å². The molecule has 2 aromatic rings. The molecule has 2 aliphatic carbocycles. The monoisotopic (exact) mass is 694 g/mol. The van der Waals surface area contributed by atoms with Crippen LogP contribution in [-0.2, 0) is 25.7 Å². The molecule has 1 spiro atoms. The number of alkyl carbamates (subject to hydrolysis) is 1. The highest BCUT2D eigenvalue weighted by Gasteiger charge is 2.65. The van der Waals surface area contributed by atoms with Crippen molar-refractivity contribution in [1.82, 2.24) is 20.1 Å². The number of anilines is 1. The lowest BCUT2D eigenvalue weighted by molar-refractivity contribution is -0.149. The molecule has 264 valence electrons. The van der Waals surface area contributed by atoms with Crippen molar-refractivity contribution in [2.45, 2.75) is 76.5 Å². The van der Waals surface area contributed by atoms with Crippen LogP contribution in [0.25, 0.3) is 0 Å². The number of nitrogens with zero attached hydrogens (tertiary/aromatic N) is 4. The van der Waals surface area contributed by atoms with Gasteiger partial charge in [0.2, 0.25) is 17.4 Å². The number of carbonyl (C=O) groups excluding carboxylic acids is 4. The van der Waals surface area contributed by atoms with Gasteiger partial charge in [-0.1, -0.05) is 20.8 Å². The molecule has 5 aliphatic rings. The maximum Gasteiger partial charge on any atom is 0.408 e. The van der Waals surface area contributed by atoms with Gasteiger partial charge in [0.25, 0.3) is 5.91 Å². The van der Waals surface area contributed by atoms with Gasteiger partial charge in [0.05, 0.1) is 12.6 Å². The molecule has 12 nitrogen and oxygen atoms in total. The molecule has 2 bridgehead atoms. The zero-order valence-corrected chi connectivity index (χ0v) is 27.7. The average molecular weight is 695 g/mol. The molecular weight excluding hydrogens is 657 g/mol. The van der Waals surface area contributed by atoms with E-state index in [-0.39, 0.29) is 48.5 Å². The largest absolute Gasteiger partial charge is 0.472 e. The van der Waals surface area contributed by atoms with E-state index in [1.165, 1.54) is 16.0 Å². The van der Waals surface area contributed by atoms with Crippen LogP contribution >= 0.6 is 0 Å². The summed E-state index contributed by atoms with van der Waals surface area (Å²) in [6.07, 6.45) is 0.0819. The van der Waals surface area contributed by atoms with Gasteiger partial charge < -0.3 is 29.9 Å². The second-order valence-electron chi connectivity index (χ2n) is 15.1. The van der Waals surface area contributed by atoms with Crippen LogP contribution in [0.1, 0.15) is 45.6 Å². The number of ether oxygens (including phenoxy) is 2. The van der Waals surface area contributed by atoms with Crippen molar-refractivity contribution in [2.24, 2.45) is 29.1 Å². The summed E-state index contributed by atoms with van der Waals surface area (Å²) in [5.74, 6) is -4.16. The summed E-state index contributed by atoms with van der Waals surface area (Å²) in [6, 6.07) is 4.73. The van der Waals surface area contributed by atoms with Crippen LogP contribution in [0.15, 0.2) is 36.5 Å². The van der Waals surface area contributed by atoms with Gasteiger partial charge in [-0.3, -0.25) is 14.4 Å². The molecule has 0 unspecified atom stereocenters. The number of rotatable bonds is 5. The third kappa shape index (κ3) is 5.58. The summed E-state index contributed by atoms with van der Waals surface area (Å²) < 4.78 is 54.2. The van der Waals surface area contributed by atoms with Crippen LogP contribution in [-0.4, -0.2) is 81.6 Å². The quantitative estimate of drug-likeness (QED) is 0.481. The number of fused-ring (bicyclic) bond motifs is 6. The highest BCUT2D eigenvalue weighted by Crippen LogP contribution is 2.59. The van der Waals surface area contributed by atoms with E-state index in [1.807, 2.05) is 0 Å². The van der Waals surface area contributed by atoms with E-state index in [4.69, 9.17) is 9.47 Å². The molecule has 9 atom stereocenters. The zero-order valence-electron chi connectivity index (χ0n) is 27.7. The average Bonchev–Trinajstić information content (AvgIpc) is 3.82. The van der Waals surface area contributed by atoms with E-state index in [2.05, 4.69) is 21.7 Å². The molecule has 2 saturated carbocycles.